The zero-order valence-corrected chi connectivity index (χ0v) is 17.3. The molecule has 5 heteroatoms. The van der Waals surface area contributed by atoms with Crippen LogP contribution in [0.2, 0.25) is 0 Å². The summed E-state index contributed by atoms with van der Waals surface area (Å²) in [6, 6.07) is 13.2. The number of benzene rings is 1. The number of carbonyl (C=O) groups is 2. The summed E-state index contributed by atoms with van der Waals surface area (Å²) < 4.78 is 1.60. The molecule has 29 heavy (non-hydrogen) atoms. The van der Waals surface area contributed by atoms with Crippen molar-refractivity contribution in [1.82, 2.24) is 4.57 Å². The van der Waals surface area contributed by atoms with Gasteiger partial charge >= 0.3 is 0 Å². The van der Waals surface area contributed by atoms with Crippen molar-refractivity contribution in [1.29, 1.82) is 0 Å². The quantitative estimate of drug-likeness (QED) is 0.689. The Morgan fingerprint density at radius 1 is 1.10 bits per heavy atom. The summed E-state index contributed by atoms with van der Waals surface area (Å²) in [5.74, 6) is -0.135. The number of hydrogen-bond donors (Lipinski definition) is 1. The number of nitrogens with one attached hydrogen (secondary N) is 1. The van der Waals surface area contributed by atoms with Gasteiger partial charge in [-0.3, -0.25) is 14.4 Å². The monoisotopic (exact) mass is 394 g/mol. The van der Waals surface area contributed by atoms with Gasteiger partial charge in [-0.15, -0.1) is 0 Å². The molecule has 0 spiro atoms. The predicted molar refractivity (Wildman–Crippen MR) is 115 cm³/mol. The standard InChI is InChI=1S/C24H30N2O3/c1-3-18(4-2)23(28)25-20-15-13-19-14-16-21(26(19)24(20)29)22(27)12-8-11-17-9-6-5-7-10-17/h5-7,9-10,13,15,18,21H,3-4,8,11-12,14,16H2,1-2H3,(H,25,28)/t21-/m0/s1. The third-order valence-electron chi connectivity index (χ3n) is 5.90. The molecular weight excluding hydrogens is 364 g/mol. The first-order valence-corrected chi connectivity index (χ1v) is 10.7. The Bertz CT molecular complexity index is 913. The van der Waals surface area contributed by atoms with Gasteiger partial charge in [0.25, 0.3) is 5.56 Å². The van der Waals surface area contributed by atoms with Gasteiger partial charge in [0.1, 0.15) is 5.69 Å². The molecule has 1 aromatic carbocycles. The normalized spacial score (nSPS) is 15.3. The van der Waals surface area contributed by atoms with Crippen LogP contribution in [-0.2, 0) is 22.4 Å². The molecule has 1 aliphatic heterocycles. The van der Waals surface area contributed by atoms with Crippen LogP contribution in [0.1, 0.15) is 63.3 Å². The summed E-state index contributed by atoms with van der Waals surface area (Å²) in [7, 11) is 0. The number of aromatic nitrogens is 1. The topological polar surface area (TPSA) is 68.2 Å². The van der Waals surface area contributed by atoms with Crippen LogP contribution in [0.15, 0.2) is 47.3 Å². The SMILES string of the molecule is CCC(CC)C(=O)Nc1ccc2n(c1=O)[C@H](C(=O)CCCc1ccccc1)CC2. The van der Waals surface area contributed by atoms with Crippen molar-refractivity contribution < 1.29 is 9.59 Å². The zero-order chi connectivity index (χ0) is 20.8. The molecule has 1 atom stereocenters. The number of pyridine rings is 1. The number of Topliss-reactive ketones (excluding diaryl/α,β-unsaturated/α-hetero) is 1. The molecule has 154 valence electrons. The molecule has 3 rings (SSSR count). The highest BCUT2D eigenvalue weighted by Gasteiger charge is 2.30. The van der Waals surface area contributed by atoms with Gasteiger partial charge in [0, 0.05) is 18.0 Å². The highest BCUT2D eigenvalue weighted by atomic mass is 16.2. The van der Waals surface area contributed by atoms with Crippen molar-refractivity contribution in [3.63, 3.8) is 0 Å². The largest absolute Gasteiger partial charge is 0.321 e. The number of aryl methyl sites for hydroxylation is 2. The second kappa shape index (κ2) is 9.68. The Balaban J connectivity index is 1.69. The molecule has 1 N–H and O–H groups in total. The Morgan fingerprint density at radius 2 is 1.83 bits per heavy atom. The first-order valence-electron chi connectivity index (χ1n) is 10.7. The van der Waals surface area contributed by atoms with Crippen LogP contribution in [0.5, 0.6) is 0 Å². The summed E-state index contributed by atoms with van der Waals surface area (Å²) in [5.41, 5.74) is 2.10. The van der Waals surface area contributed by atoms with Crippen LogP contribution in [0, 0.1) is 5.92 Å². The maximum atomic E-state index is 13.0. The van der Waals surface area contributed by atoms with E-state index >= 15 is 0 Å². The van der Waals surface area contributed by atoms with Gasteiger partial charge in [-0.05, 0) is 56.2 Å². The summed E-state index contributed by atoms with van der Waals surface area (Å²) in [6.07, 6.45) is 4.92. The highest BCUT2D eigenvalue weighted by Crippen LogP contribution is 2.27. The lowest BCUT2D eigenvalue weighted by molar-refractivity contribution is -0.122. The molecule has 0 fully saturated rings. The first kappa shape index (κ1) is 21.0. The molecule has 2 heterocycles. The fraction of sp³-hybridized carbons (Fsp3) is 0.458. The van der Waals surface area contributed by atoms with E-state index in [4.69, 9.17) is 0 Å². The maximum Gasteiger partial charge on any atom is 0.275 e. The van der Waals surface area contributed by atoms with Crippen molar-refractivity contribution in [2.24, 2.45) is 5.92 Å². The van der Waals surface area contributed by atoms with Crippen molar-refractivity contribution in [2.75, 3.05) is 5.32 Å². The second-order valence-corrected chi connectivity index (χ2v) is 7.78. The van der Waals surface area contributed by atoms with Gasteiger partial charge in [-0.25, -0.2) is 0 Å². The van der Waals surface area contributed by atoms with Crippen molar-refractivity contribution in [3.8, 4) is 0 Å². The third-order valence-corrected chi connectivity index (χ3v) is 5.90. The summed E-state index contributed by atoms with van der Waals surface area (Å²) in [4.78, 5) is 38.2. The number of rotatable bonds is 9. The van der Waals surface area contributed by atoms with Crippen molar-refractivity contribution in [2.45, 2.75) is 64.8 Å². The average Bonchev–Trinajstić information content (AvgIpc) is 3.17. The molecular formula is C24H30N2O3. The lowest BCUT2D eigenvalue weighted by Crippen LogP contribution is -2.32. The summed E-state index contributed by atoms with van der Waals surface area (Å²) in [5, 5.41) is 2.78. The van der Waals surface area contributed by atoms with Crippen molar-refractivity contribution >= 4 is 17.4 Å². The number of ketones is 1. The van der Waals surface area contributed by atoms with Gasteiger partial charge in [0.15, 0.2) is 5.78 Å². The number of anilines is 1. The van der Waals surface area contributed by atoms with Crippen LogP contribution < -0.4 is 10.9 Å². The molecule has 0 saturated heterocycles. The molecule has 5 nitrogen and oxygen atoms in total. The molecule has 2 aromatic rings. The molecule has 0 unspecified atom stereocenters. The number of nitrogens with zero attached hydrogens (tertiary/aromatic N) is 1. The smallest absolute Gasteiger partial charge is 0.275 e. The fourth-order valence-corrected chi connectivity index (χ4v) is 4.12. The molecule has 0 bridgehead atoms. The first-order chi connectivity index (χ1) is 14.0. The third kappa shape index (κ3) is 4.84. The summed E-state index contributed by atoms with van der Waals surface area (Å²) >= 11 is 0. The minimum atomic E-state index is -0.418. The van der Waals surface area contributed by atoms with Crippen LogP contribution in [-0.4, -0.2) is 16.3 Å². The van der Waals surface area contributed by atoms with E-state index in [1.54, 1.807) is 10.6 Å². The van der Waals surface area contributed by atoms with Crippen molar-refractivity contribution in [3.05, 3.63) is 64.1 Å². The number of amides is 1. The molecule has 0 saturated carbocycles. The minimum absolute atomic E-state index is 0.102. The Labute approximate surface area is 172 Å². The van der Waals surface area contributed by atoms with E-state index in [0.717, 1.165) is 31.4 Å². The van der Waals surface area contributed by atoms with E-state index < -0.39 is 6.04 Å². The number of fused-ring (bicyclic) bond motifs is 1. The van der Waals surface area contributed by atoms with E-state index in [-0.39, 0.29) is 28.9 Å². The highest BCUT2D eigenvalue weighted by molar-refractivity contribution is 5.92. The van der Waals surface area contributed by atoms with Crippen LogP contribution in [0.3, 0.4) is 0 Å². The van der Waals surface area contributed by atoms with Gasteiger partial charge in [-0.1, -0.05) is 44.2 Å². The lowest BCUT2D eigenvalue weighted by Gasteiger charge is -2.17. The molecule has 0 radical (unpaired) electrons. The second-order valence-electron chi connectivity index (χ2n) is 7.78. The molecule has 1 aromatic heterocycles. The summed E-state index contributed by atoms with van der Waals surface area (Å²) in [6.45, 7) is 3.93. The van der Waals surface area contributed by atoms with Crippen LogP contribution in [0.25, 0.3) is 0 Å². The minimum Gasteiger partial charge on any atom is -0.321 e. The van der Waals surface area contributed by atoms with Gasteiger partial charge in [0.2, 0.25) is 5.91 Å². The molecule has 1 aliphatic rings. The van der Waals surface area contributed by atoms with Crippen LogP contribution in [0.4, 0.5) is 5.69 Å². The van der Waals surface area contributed by atoms with E-state index in [9.17, 15) is 14.4 Å². The lowest BCUT2D eigenvalue weighted by atomic mass is 10.0. The zero-order valence-electron chi connectivity index (χ0n) is 17.3. The average molecular weight is 395 g/mol. The van der Waals surface area contributed by atoms with E-state index in [1.165, 1.54) is 5.56 Å². The number of hydrogen-bond acceptors (Lipinski definition) is 3. The Hall–Kier alpha value is -2.69. The van der Waals surface area contributed by atoms with Gasteiger partial charge < -0.3 is 9.88 Å². The van der Waals surface area contributed by atoms with Crippen LogP contribution >= 0.6 is 0 Å². The van der Waals surface area contributed by atoms with E-state index in [2.05, 4.69) is 17.4 Å². The van der Waals surface area contributed by atoms with Gasteiger partial charge in [-0.2, -0.15) is 0 Å². The predicted octanol–water partition coefficient (Wildman–Crippen LogP) is 4.30. The van der Waals surface area contributed by atoms with Gasteiger partial charge in [0.05, 0.1) is 6.04 Å². The molecule has 1 amide bonds. The molecule has 0 aliphatic carbocycles. The Morgan fingerprint density at radius 3 is 2.52 bits per heavy atom. The van der Waals surface area contributed by atoms with E-state index in [0.29, 0.717) is 19.3 Å². The Kier molecular flexibility index (Phi) is 7.02. The number of carbonyl (C=O) groups excluding carboxylic acids is 2. The van der Waals surface area contributed by atoms with E-state index in [1.807, 2.05) is 38.1 Å². The maximum absolute atomic E-state index is 13.0. The fourth-order valence-electron chi connectivity index (χ4n) is 4.12.